The Morgan fingerprint density at radius 3 is 2.46 bits per heavy atom. The second-order valence-electron chi connectivity index (χ2n) is 5.18. The van der Waals surface area contributed by atoms with Gasteiger partial charge in [0.25, 0.3) is 11.7 Å². The maximum atomic E-state index is 12.8. The molecule has 2 rings (SSSR count). The lowest BCUT2D eigenvalue weighted by Gasteiger charge is -2.09. The number of thioether (sulfide) groups is 1. The maximum Gasteiger partial charge on any atom is 0.339 e. The first-order valence-corrected chi connectivity index (χ1v) is 8.56. The summed E-state index contributed by atoms with van der Waals surface area (Å²) in [6, 6.07) is 11.7. The highest BCUT2D eigenvalue weighted by atomic mass is 32.2. The number of esters is 1. The van der Waals surface area contributed by atoms with Crippen LogP contribution in [0.4, 0.5) is 13.2 Å². The Hall–Kier alpha value is -2.48. The third-order valence-corrected chi connectivity index (χ3v) is 4.09. The van der Waals surface area contributed by atoms with Crippen molar-refractivity contribution in [2.24, 2.45) is 0 Å². The zero-order valence-electron chi connectivity index (χ0n) is 13.6. The molecule has 138 valence electrons. The Kier molecular flexibility index (Phi) is 7.53. The summed E-state index contributed by atoms with van der Waals surface area (Å²) in [5, 5.41) is 2.56. The van der Waals surface area contributed by atoms with Gasteiger partial charge in [0.2, 0.25) is 0 Å². The number of hydrogen-bond donors (Lipinski definition) is 1. The summed E-state index contributed by atoms with van der Waals surface area (Å²) in [5.74, 6) is -4.37. The lowest BCUT2D eigenvalue weighted by Crippen LogP contribution is -2.30. The molecule has 4 nitrogen and oxygen atoms in total. The van der Waals surface area contributed by atoms with Gasteiger partial charge in [0.05, 0.1) is 5.56 Å². The fourth-order valence-corrected chi connectivity index (χ4v) is 2.72. The second kappa shape index (κ2) is 9.86. The predicted molar refractivity (Wildman–Crippen MR) is 91.7 cm³/mol. The molecule has 0 aliphatic rings. The van der Waals surface area contributed by atoms with E-state index in [1.54, 1.807) is 12.1 Å². The van der Waals surface area contributed by atoms with Gasteiger partial charge in [-0.3, -0.25) is 4.79 Å². The summed E-state index contributed by atoms with van der Waals surface area (Å²) < 4.78 is 42.7. The Morgan fingerprint density at radius 1 is 1.08 bits per heavy atom. The van der Waals surface area contributed by atoms with Gasteiger partial charge in [0.1, 0.15) is 5.82 Å². The van der Waals surface area contributed by atoms with Crippen LogP contribution < -0.4 is 5.32 Å². The summed E-state index contributed by atoms with van der Waals surface area (Å²) in [6.45, 7) is -0.226. The first kappa shape index (κ1) is 19.8. The van der Waals surface area contributed by atoms with Crippen molar-refractivity contribution in [3.8, 4) is 0 Å². The number of hydrogen-bond acceptors (Lipinski definition) is 4. The molecule has 0 atom stereocenters. The van der Waals surface area contributed by atoms with E-state index in [1.807, 2.05) is 0 Å². The van der Waals surface area contributed by atoms with Crippen LogP contribution >= 0.6 is 11.8 Å². The minimum Gasteiger partial charge on any atom is -0.452 e. The van der Waals surface area contributed by atoms with Gasteiger partial charge in [-0.25, -0.2) is 9.18 Å². The van der Waals surface area contributed by atoms with Crippen molar-refractivity contribution in [1.29, 1.82) is 0 Å². The molecule has 1 N–H and O–H groups in total. The quantitative estimate of drug-likeness (QED) is 0.558. The zero-order valence-corrected chi connectivity index (χ0v) is 14.4. The number of rotatable bonds is 8. The van der Waals surface area contributed by atoms with Crippen LogP contribution in [-0.4, -0.2) is 30.8 Å². The van der Waals surface area contributed by atoms with Crippen molar-refractivity contribution < 1.29 is 27.5 Å². The molecule has 0 aliphatic carbocycles. The highest BCUT2D eigenvalue weighted by Gasteiger charge is 2.17. The molecular formula is C18H16F3NO3S. The highest BCUT2D eigenvalue weighted by Crippen LogP contribution is 2.28. The molecule has 0 fully saturated rings. The monoisotopic (exact) mass is 383 g/mol. The fraction of sp³-hybridized carbons (Fsp3) is 0.222. The molecule has 0 saturated carbocycles. The summed E-state index contributed by atoms with van der Waals surface area (Å²) in [5.41, 5.74) is 0.832. The summed E-state index contributed by atoms with van der Waals surface area (Å²) in [4.78, 5) is 23.8. The van der Waals surface area contributed by atoms with Gasteiger partial charge in [-0.2, -0.15) is 8.78 Å². The number of halogens is 3. The van der Waals surface area contributed by atoms with Crippen molar-refractivity contribution >= 4 is 23.6 Å². The van der Waals surface area contributed by atoms with E-state index in [-0.39, 0.29) is 28.0 Å². The smallest absolute Gasteiger partial charge is 0.339 e. The molecule has 0 heterocycles. The second-order valence-corrected chi connectivity index (χ2v) is 6.21. The molecular weight excluding hydrogens is 367 g/mol. The third kappa shape index (κ3) is 6.44. The Labute approximate surface area is 152 Å². The highest BCUT2D eigenvalue weighted by molar-refractivity contribution is 7.99. The van der Waals surface area contributed by atoms with E-state index in [2.05, 4.69) is 5.32 Å². The van der Waals surface area contributed by atoms with Crippen LogP contribution in [0.3, 0.4) is 0 Å². The molecule has 0 aromatic heterocycles. The normalized spacial score (nSPS) is 10.6. The van der Waals surface area contributed by atoms with Crippen LogP contribution in [0.15, 0.2) is 53.4 Å². The van der Waals surface area contributed by atoms with E-state index >= 15 is 0 Å². The van der Waals surface area contributed by atoms with E-state index < -0.39 is 24.2 Å². The van der Waals surface area contributed by atoms with Crippen molar-refractivity contribution in [2.75, 3.05) is 13.2 Å². The van der Waals surface area contributed by atoms with Crippen LogP contribution in [0.5, 0.6) is 0 Å². The van der Waals surface area contributed by atoms with Crippen LogP contribution in [0, 0.1) is 5.82 Å². The van der Waals surface area contributed by atoms with Crippen molar-refractivity contribution in [2.45, 2.75) is 17.1 Å². The van der Waals surface area contributed by atoms with Crippen LogP contribution in [0.2, 0.25) is 0 Å². The van der Waals surface area contributed by atoms with E-state index in [9.17, 15) is 22.8 Å². The molecule has 0 aliphatic heterocycles. The maximum absolute atomic E-state index is 12.8. The summed E-state index contributed by atoms with van der Waals surface area (Å²) >= 11 is 0.239. The van der Waals surface area contributed by atoms with Gasteiger partial charge >= 0.3 is 5.97 Å². The first-order valence-electron chi connectivity index (χ1n) is 7.68. The minimum atomic E-state index is -2.67. The van der Waals surface area contributed by atoms with Crippen LogP contribution in [-0.2, 0) is 16.0 Å². The van der Waals surface area contributed by atoms with Gasteiger partial charge in [-0.05, 0) is 36.2 Å². The zero-order chi connectivity index (χ0) is 18.9. The molecule has 0 bridgehead atoms. The topological polar surface area (TPSA) is 55.4 Å². The summed E-state index contributed by atoms with van der Waals surface area (Å²) in [6.07, 6.45) is 0.494. The average Bonchev–Trinajstić information content (AvgIpc) is 2.61. The van der Waals surface area contributed by atoms with E-state index in [4.69, 9.17) is 4.74 Å². The van der Waals surface area contributed by atoms with Crippen LogP contribution in [0.25, 0.3) is 0 Å². The molecule has 2 aromatic carbocycles. The molecule has 26 heavy (non-hydrogen) atoms. The average molecular weight is 383 g/mol. The number of amides is 1. The van der Waals surface area contributed by atoms with E-state index in [1.165, 1.54) is 36.4 Å². The van der Waals surface area contributed by atoms with Gasteiger partial charge in [-0.15, -0.1) is 0 Å². The Bertz CT molecular complexity index is 754. The van der Waals surface area contributed by atoms with Crippen LogP contribution in [0.1, 0.15) is 15.9 Å². The molecule has 2 aromatic rings. The fourth-order valence-electron chi connectivity index (χ4n) is 2.09. The first-order chi connectivity index (χ1) is 12.5. The Morgan fingerprint density at radius 2 is 1.77 bits per heavy atom. The van der Waals surface area contributed by atoms with E-state index in [0.29, 0.717) is 13.0 Å². The van der Waals surface area contributed by atoms with Gasteiger partial charge < -0.3 is 10.1 Å². The third-order valence-electron chi connectivity index (χ3n) is 3.31. The largest absolute Gasteiger partial charge is 0.452 e. The minimum absolute atomic E-state index is 0.0167. The van der Waals surface area contributed by atoms with Crippen molar-refractivity contribution in [3.05, 3.63) is 65.5 Å². The molecule has 1 amide bonds. The molecule has 0 spiro atoms. The number of benzene rings is 2. The molecule has 0 unspecified atom stereocenters. The van der Waals surface area contributed by atoms with Gasteiger partial charge in [0.15, 0.2) is 6.61 Å². The predicted octanol–water partition coefficient (Wildman–Crippen LogP) is 3.66. The van der Waals surface area contributed by atoms with Crippen molar-refractivity contribution in [1.82, 2.24) is 5.32 Å². The van der Waals surface area contributed by atoms with Gasteiger partial charge in [-0.1, -0.05) is 36.0 Å². The lowest BCUT2D eigenvalue weighted by atomic mass is 10.1. The van der Waals surface area contributed by atoms with E-state index in [0.717, 1.165) is 5.56 Å². The Balaban J connectivity index is 1.78. The lowest BCUT2D eigenvalue weighted by molar-refractivity contribution is -0.124. The molecule has 0 radical (unpaired) electrons. The number of ether oxygens (including phenoxy) is 1. The van der Waals surface area contributed by atoms with Crippen molar-refractivity contribution in [3.63, 3.8) is 0 Å². The molecule has 0 saturated heterocycles. The SMILES string of the molecule is O=C(COC(=O)c1ccccc1SC(F)F)NCCc1ccc(F)cc1. The van der Waals surface area contributed by atoms with Gasteiger partial charge in [0, 0.05) is 11.4 Å². The number of alkyl halides is 2. The standard InChI is InChI=1S/C18H16F3NO3S/c19-13-7-5-12(6-8-13)9-10-22-16(23)11-25-17(24)14-3-1-2-4-15(14)26-18(20)21/h1-8,18H,9-11H2,(H,22,23). The number of carbonyl (C=O) groups excluding carboxylic acids is 2. The molecule has 8 heteroatoms. The number of carbonyl (C=O) groups is 2. The summed E-state index contributed by atoms with van der Waals surface area (Å²) in [7, 11) is 0. The number of nitrogens with one attached hydrogen (secondary N) is 1.